The van der Waals surface area contributed by atoms with E-state index in [1.807, 2.05) is 19.9 Å². The standard InChI is InChI=1S/C11H20O/c1-4-6-7-9-11(8-5-2)10(3)12/h5-8,10-12H,4,9H2,1-3H3/b7-6+,8-5-. The Labute approximate surface area is 75.8 Å². The lowest BCUT2D eigenvalue weighted by molar-refractivity contribution is 0.150. The molecule has 0 bridgehead atoms. The predicted octanol–water partition coefficient (Wildman–Crippen LogP) is 2.92. The van der Waals surface area contributed by atoms with Crippen molar-refractivity contribution in [3.05, 3.63) is 24.3 Å². The van der Waals surface area contributed by atoms with E-state index in [2.05, 4.69) is 25.2 Å². The van der Waals surface area contributed by atoms with Crippen molar-refractivity contribution in [2.75, 3.05) is 0 Å². The molecule has 2 unspecified atom stereocenters. The Morgan fingerprint density at radius 1 is 1.33 bits per heavy atom. The van der Waals surface area contributed by atoms with Gasteiger partial charge in [0.1, 0.15) is 0 Å². The SMILES string of the molecule is C/C=C\C(C/C=C/CC)C(C)O. The van der Waals surface area contributed by atoms with E-state index in [0.717, 1.165) is 12.8 Å². The van der Waals surface area contributed by atoms with E-state index >= 15 is 0 Å². The zero-order valence-corrected chi connectivity index (χ0v) is 8.33. The van der Waals surface area contributed by atoms with Crippen LogP contribution in [0.1, 0.15) is 33.6 Å². The molecule has 2 atom stereocenters. The van der Waals surface area contributed by atoms with E-state index in [-0.39, 0.29) is 12.0 Å². The Hall–Kier alpha value is -0.560. The van der Waals surface area contributed by atoms with E-state index in [4.69, 9.17) is 0 Å². The predicted molar refractivity (Wildman–Crippen MR) is 54.0 cm³/mol. The van der Waals surface area contributed by atoms with E-state index in [1.54, 1.807) is 0 Å². The second-order valence-electron chi connectivity index (χ2n) is 3.05. The Morgan fingerprint density at radius 2 is 2.00 bits per heavy atom. The summed E-state index contributed by atoms with van der Waals surface area (Å²) in [7, 11) is 0. The monoisotopic (exact) mass is 168 g/mol. The van der Waals surface area contributed by atoms with Gasteiger partial charge in [-0.1, -0.05) is 31.2 Å². The highest BCUT2D eigenvalue weighted by Gasteiger charge is 2.08. The highest BCUT2D eigenvalue weighted by Crippen LogP contribution is 2.11. The van der Waals surface area contributed by atoms with E-state index in [9.17, 15) is 5.11 Å². The largest absolute Gasteiger partial charge is 0.393 e. The van der Waals surface area contributed by atoms with Crippen LogP contribution in [0.5, 0.6) is 0 Å². The molecular formula is C11H20O. The molecule has 0 saturated heterocycles. The van der Waals surface area contributed by atoms with Crippen LogP contribution in [-0.2, 0) is 0 Å². The van der Waals surface area contributed by atoms with Crippen LogP contribution in [0.3, 0.4) is 0 Å². The minimum atomic E-state index is -0.247. The van der Waals surface area contributed by atoms with Gasteiger partial charge in [0.05, 0.1) is 6.10 Å². The summed E-state index contributed by atoms with van der Waals surface area (Å²) < 4.78 is 0. The fourth-order valence-electron chi connectivity index (χ4n) is 1.10. The van der Waals surface area contributed by atoms with Gasteiger partial charge >= 0.3 is 0 Å². The lowest BCUT2D eigenvalue weighted by Gasteiger charge is -2.12. The molecule has 0 amide bonds. The highest BCUT2D eigenvalue weighted by atomic mass is 16.3. The van der Waals surface area contributed by atoms with Crippen molar-refractivity contribution in [2.24, 2.45) is 5.92 Å². The van der Waals surface area contributed by atoms with Crippen molar-refractivity contribution in [1.82, 2.24) is 0 Å². The van der Waals surface area contributed by atoms with Crippen LogP contribution in [0.25, 0.3) is 0 Å². The molecule has 1 heteroatoms. The molecule has 0 saturated carbocycles. The molecule has 0 spiro atoms. The summed E-state index contributed by atoms with van der Waals surface area (Å²) in [4.78, 5) is 0. The average Bonchev–Trinajstić information content (AvgIpc) is 2.03. The Morgan fingerprint density at radius 3 is 2.42 bits per heavy atom. The van der Waals surface area contributed by atoms with Gasteiger partial charge in [-0.2, -0.15) is 0 Å². The van der Waals surface area contributed by atoms with Gasteiger partial charge in [0.15, 0.2) is 0 Å². The fraction of sp³-hybridized carbons (Fsp3) is 0.636. The summed E-state index contributed by atoms with van der Waals surface area (Å²) in [5, 5.41) is 9.36. The molecule has 70 valence electrons. The van der Waals surface area contributed by atoms with Gasteiger partial charge in [0, 0.05) is 5.92 Å². The molecule has 0 fully saturated rings. The summed E-state index contributed by atoms with van der Waals surface area (Å²) in [5.74, 6) is 0.276. The maximum atomic E-state index is 9.36. The quantitative estimate of drug-likeness (QED) is 0.626. The number of allylic oxidation sites excluding steroid dienone is 3. The van der Waals surface area contributed by atoms with Gasteiger partial charge in [-0.3, -0.25) is 0 Å². The molecule has 1 N–H and O–H groups in total. The Kier molecular flexibility index (Phi) is 6.78. The molecule has 12 heavy (non-hydrogen) atoms. The first-order chi connectivity index (χ1) is 5.72. The second-order valence-corrected chi connectivity index (χ2v) is 3.05. The fourth-order valence-corrected chi connectivity index (χ4v) is 1.10. The Bertz CT molecular complexity index is 145. The number of rotatable bonds is 5. The van der Waals surface area contributed by atoms with Crippen molar-refractivity contribution >= 4 is 0 Å². The summed E-state index contributed by atoms with van der Waals surface area (Å²) >= 11 is 0. The number of aliphatic hydroxyl groups excluding tert-OH is 1. The van der Waals surface area contributed by atoms with Crippen molar-refractivity contribution in [1.29, 1.82) is 0 Å². The molecule has 0 aliphatic heterocycles. The van der Waals surface area contributed by atoms with Gasteiger partial charge < -0.3 is 5.11 Å². The van der Waals surface area contributed by atoms with Crippen molar-refractivity contribution < 1.29 is 5.11 Å². The van der Waals surface area contributed by atoms with Crippen molar-refractivity contribution in [2.45, 2.75) is 39.7 Å². The van der Waals surface area contributed by atoms with Crippen molar-refractivity contribution in [3.8, 4) is 0 Å². The van der Waals surface area contributed by atoms with E-state index < -0.39 is 0 Å². The Balaban J connectivity index is 3.87. The van der Waals surface area contributed by atoms with Crippen LogP contribution in [-0.4, -0.2) is 11.2 Å². The number of hydrogen-bond donors (Lipinski definition) is 1. The van der Waals surface area contributed by atoms with Crippen LogP contribution < -0.4 is 0 Å². The third kappa shape index (κ3) is 5.14. The summed E-state index contributed by atoms with van der Waals surface area (Å²) in [6.07, 6.45) is 10.1. The van der Waals surface area contributed by atoms with Crippen LogP contribution in [0, 0.1) is 5.92 Å². The molecule has 0 aromatic rings. The third-order valence-corrected chi connectivity index (χ3v) is 1.87. The maximum absolute atomic E-state index is 9.36. The summed E-state index contributed by atoms with van der Waals surface area (Å²) in [5.41, 5.74) is 0. The molecule has 0 aliphatic carbocycles. The van der Waals surface area contributed by atoms with Crippen LogP contribution in [0.2, 0.25) is 0 Å². The summed E-state index contributed by atoms with van der Waals surface area (Å²) in [6.45, 7) is 5.94. The molecule has 0 heterocycles. The number of hydrogen-bond acceptors (Lipinski definition) is 1. The lowest BCUT2D eigenvalue weighted by atomic mass is 9.99. The molecule has 0 aromatic carbocycles. The van der Waals surface area contributed by atoms with Crippen LogP contribution >= 0.6 is 0 Å². The van der Waals surface area contributed by atoms with Gasteiger partial charge in [-0.15, -0.1) is 0 Å². The van der Waals surface area contributed by atoms with Gasteiger partial charge in [-0.05, 0) is 26.7 Å². The first-order valence-corrected chi connectivity index (χ1v) is 4.68. The van der Waals surface area contributed by atoms with Gasteiger partial charge in [0.2, 0.25) is 0 Å². The molecule has 0 aromatic heterocycles. The molecule has 0 radical (unpaired) electrons. The average molecular weight is 168 g/mol. The van der Waals surface area contributed by atoms with Crippen molar-refractivity contribution in [3.63, 3.8) is 0 Å². The molecule has 0 rings (SSSR count). The first-order valence-electron chi connectivity index (χ1n) is 4.68. The minimum absolute atomic E-state index is 0.247. The van der Waals surface area contributed by atoms with Crippen LogP contribution in [0.15, 0.2) is 24.3 Å². The van der Waals surface area contributed by atoms with Crippen LogP contribution in [0.4, 0.5) is 0 Å². The highest BCUT2D eigenvalue weighted by molar-refractivity contribution is 4.94. The zero-order valence-electron chi connectivity index (χ0n) is 8.33. The number of aliphatic hydroxyl groups is 1. The normalized spacial score (nSPS) is 17.3. The molecular weight excluding hydrogens is 148 g/mol. The summed E-state index contributed by atoms with van der Waals surface area (Å²) in [6, 6.07) is 0. The second kappa shape index (κ2) is 7.11. The third-order valence-electron chi connectivity index (χ3n) is 1.87. The zero-order chi connectivity index (χ0) is 9.40. The van der Waals surface area contributed by atoms with E-state index in [1.165, 1.54) is 0 Å². The maximum Gasteiger partial charge on any atom is 0.0577 e. The smallest absolute Gasteiger partial charge is 0.0577 e. The van der Waals surface area contributed by atoms with Gasteiger partial charge in [0.25, 0.3) is 0 Å². The molecule has 0 aliphatic rings. The molecule has 1 nitrogen and oxygen atoms in total. The topological polar surface area (TPSA) is 20.2 Å². The first kappa shape index (κ1) is 11.4. The van der Waals surface area contributed by atoms with E-state index in [0.29, 0.717) is 0 Å². The minimum Gasteiger partial charge on any atom is -0.393 e. The lowest BCUT2D eigenvalue weighted by Crippen LogP contribution is -2.13. The van der Waals surface area contributed by atoms with Gasteiger partial charge in [-0.25, -0.2) is 0 Å².